The van der Waals surface area contributed by atoms with Crippen LogP contribution in [0.25, 0.3) is 16.6 Å². The Morgan fingerprint density at radius 1 is 1.10 bits per heavy atom. The van der Waals surface area contributed by atoms with Crippen molar-refractivity contribution in [3.8, 4) is 0 Å². The molecule has 1 aliphatic rings. The highest BCUT2D eigenvalue weighted by Crippen LogP contribution is 2.25. The highest BCUT2D eigenvalue weighted by atomic mass is 32.2. The molecule has 0 aliphatic carbocycles. The maximum Gasteiger partial charge on any atom is 0.242 e. The minimum absolute atomic E-state index is 0.278. The number of sulfonamides is 1. The van der Waals surface area contributed by atoms with Gasteiger partial charge in [0.1, 0.15) is 5.82 Å². The molecule has 30 heavy (non-hydrogen) atoms. The molecule has 0 atom stereocenters. The fourth-order valence-electron chi connectivity index (χ4n) is 3.97. The van der Waals surface area contributed by atoms with Crippen LogP contribution in [0.4, 0.5) is 0 Å². The molecule has 3 aromatic rings. The summed E-state index contributed by atoms with van der Waals surface area (Å²) in [4.78, 5) is 7.47. The number of hydrogen-bond donors (Lipinski definition) is 0. The third-order valence-electron chi connectivity index (χ3n) is 5.70. The lowest BCUT2D eigenvalue weighted by Gasteiger charge is -2.26. The Morgan fingerprint density at radius 3 is 2.50 bits per heavy atom. The summed E-state index contributed by atoms with van der Waals surface area (Å²) >= 11 is 0. The van der Waals surface area contributed by atoms with Crippen LogP contribution in [0.5, 0.6) is 0 Å². The highest BCUT2D eigenvalue weighted by Gasteiger charge is 2.21. The Morgan fingerprint density at radius 2 is 1.87 bits per heavy atom. The molecular weight excluding hydrogens is 396 g/mol. The molecule has 0 fully saturated rings. The largest absolute Gasteiger partial charge is 0.327 e. The molecular formula is C23H28N4O2S. The van der Waals surface area contributed by atoms with Crippen molar-refractivity contribution in [3.05, 3.63) is 66.0 Å². The van der Waals surface area contributed by atoms with Gasteiger partial charge in [0.25, 0.3) is 0 Å². The van der Waals surface area contributed by atoms with E-state index in [0.717, 1.165) is 49.5 Å². The second-order valence-corrected chi connectivity index (χ2v) is 9.94. The van der Waals surface area contributed by atoms with Crippen molar-refractivity contribution in [2.75, 3.05) is 27.2 Å². The van der Waals surface area contributed by atoms with Crippen LogP contribution >= 0.6 is 0 Å². The molecule has 0 N–H and O–H groups in total. The van der Waals surface area contributed by atoms with E-state index in [-0.39, 0.29) is 4.90 Å². The lowest BCUT2D eigenvalue weighted by Crippen LogP contribution is -2.29. The smallest absolute Gasteiger partial charge is 0.242 e. The molecule has 0 amide bonds. The van der Waals surface area contributed by atoms with Gasteiger partial charge in [0.05, 0.1) is 22.5 Å². The standard InChI is InChI=1S/C23H28N4O2S/c1-4-27-22-11-10-20(30(28,29)25(2)3)16-21(22)24-23(27)17-26-14-12-19(13-15-26)18-8-6-5-7-9-18/h5-12,16H,4,13-15,17H2,1-3H3. The Balaban J connectivity index is 1.58. The van der Waals surface area contributed by atoms with Crippen LogP contribution in [0.2, 0.25) is 0 Å². The van der Waals surface area contributed by atoms with Gasteiger partial charge >= 0.3 is 0 Å². The van der Waals surface area contributed by atoms with Crippen LogP contribution in [-0.2, 0) is 23.1 Å². The molecule has 7 heteroatoms. The lowest BCUT2D eigenvalue weighted by molar-refractivity contribution is 0.283. The van der Waals surface area contributed by atoms with Crippen molar-refractivity contribution in [1.29, 1.82) is 0 Å². The fraction of sp³-hybridized carbons (Fsp3) is 0.348. The number of aromatic nitrogens is 2. The SMILES string of the molecule is CCn1c(CN2CC=C(c3ccccc3)CC2)nc2cc(S(=O)(=O)N(C)C)ccc21. The minimum atomic E-state index is -3.47. The number of imidazole rings is 1. The summed E-state index contributed by atoms with van der Waals surface area (Å²) < 4.78 is 28.4. The first-order chi connectivity index (χ1) is 14.4. The maximum atomic E-state index is 12.5. The molecule has 0 bridgehead atoms. The number of nitrogens with zero attached hydrogens (tertiary/aromatic N) is 4. The van der Waals surface area contributed by atoms with Gasteiger partial charge in [-0.2, -0.15) is 0 Å². The van der Waals surface area contributed by atoms with Gasteiger partial charge in [-0.25, -0.2) is 17.7 Å². The molecule has 0 saturated heterocycles. The Hall–Kier alpha value is -2.48. The van der Waals surface area contributed by atoms with Gasteiger partial charge in [0.2, 0.25) is 10.0 Å². The number of aryl methyl sites for hydroxylation is 1. The van der Waals surface area contributed by atoms with Crippen LogP contribution in [0.1, 0.15) is 24.7 Å². The topological polar surface area (TPSA) is 58.4 Å². The molecule has 1 aromatic heterocycles. The average molecular weight is 425 g/mol. The average Bonchev–Trinajstić information content (AvgIpc) is 3.10. The van der Waals surface area contributed by atoms with Crippen molar-refractivity contribution >= 4 is 26.6 Å². The van der Waals surface area contributed by atoms with Crippen molar-refractivity contribution in [2.24, 2.45) is 0 Å². The van der Waals surface area contributed by atoms with Gasteiger partial charge in [-0.1, -0.05) is 36.4 Å². The van der Waals surface area contributed by atoms with E-state index in [9.17, 15) is 8.42 Å². The summed E-state index contributed by atoms with van der Waals surface area (Å²) in [7, 11) is -0.383. The van der Waals surface area contributed by atoms with Crippen molar-refractivity contribution in [1.82, 2.24) is 18.8 Å². The Bertz CT molecular complexity index is 1180. The van der Waals surface area contributed by atoms with Gasteiger partial charge in [-0.15, -0.1) is 0 Å². The van der Waals surface area contributed by atoms with E-state index in [0.29, 0.717) is 0 Å². The van der Waals surface area contributed by atoms with Crippen LogP contribution in [-0.4, -0.2) is 54.4 Å². The Kier molecular flexibility index (Phi) is 5.77. The third kappa shape index (κ3) is 3.93. The van der Waals surface area contributed by atoms with Crippen molar-refractivity contribution in [2.45, 2.75) is 31.3 Å². The van der Waals surface area contributed by atoms with Gasteiger partial charge < -0.3 is 4.57 Å². The second kappa shape index (κ2) is 8.34. The fourth-order valence-corrected chi connectivity index (χ4v) is 4.90. The minimum Gasteiger partial charge on any atom is -0.327 e. The summed E-state index contributed by atoms with van der Waals surface area (Å²) in [5.41, 5.74) is 4.40. The van der Waals surface area contributed by atoms with Crippen LogP contribution < -0.4 is 0 Å². The zero-order valence-corrected chi connectivity index (χ0v) is 18.6. The Labute approximate surface area is 178 Å². The predicted octanol–water partition coefficient (Wildman–Crippen LogP) is 3.60. The summed E-state index contributed by atoms with van der Waals surface area (Å²) in [6.07, 6.45) is 3.32. The third-order valence-corrected chi connectivity index (χ3v) is 7.51. The first kappa shape index (κ1) is 20.8. The zero-order chi connectivity index (χ0) is 21.3. The van der Waals surface area contributed by atoms with E-state index in [1.165, 1.54) is 15.4 Å². The predicted molar refractivity (Wildman–Crippen MR) is 121 cm³/mol. The van der Waals surface area contributed by atoms with E-state index in [4.69, 9.17) is 4.98 Å². The number of fused-ring (bicyclic) bond motifs is 1. The molecule has 2 heterocycles. The quantitative estimate of drug-likeness (QED) is 0.607. The normalized spacial score (nSPS) is 15.7. The molecule has 0 saturated carbocycles. The van der Waals surface area contributed by atoms with E-state index < -0.39 is 10.0 Å². The molecule has 4 rings (SSSR count). The molecule has 2 aromatic carbocycles. The first-order valence-electron chi connectivity index (χ1n) is 10.3. The van der Waals surface area contributed by atoms with Gasteiger partial charge in [-0.05, 0) is 42.7 Å². The van der Waals surface area contributed by atoms with Crippen molar-refractivity contribution in [3.63, 3.8) is 0 Å². The molecule has 0 radical (unpaired) electrons. The number of rotatable bonds is 6. The molecule has 6 nitrogen and oxygen atoms in total. The monoisotopic (exact) mass is 424 g/mol. The molecule has 0 spiro atoms. The van der Waals surface area contributed by atoms with Crippen LogP contribution in [0, 0.1) is 0 Å². The molecule has 0 unspecified atom stereocenters. The summed E-state index contributed by atoms with van der Waals surface area (Å²) in [6, 6.07) is 15.8. The summed E-state index contributed by atoms with van der Waals surface area (Å²) in [5.74, 6) is 0.975. The maximum absolute atomic E-state index is 12.5. The van der Waals surface area contributed by atoms with Crippen molar-refractivity contribution < 1.29 is 8.42 Å². The second-order valence-electron chi connectivity index (χ2n) is 7.79. The van der Waals surface area contributed by atoms with Gasteiger partial charge in [0, 0.05) is 33.7 Å². The number of benzene rings is 2. The summed E-state index contributed by atoms with van der Waals surface area (Å²) in [6.45, 7) is 5.51. The van der Waals surface area contributed by atoms with Crippen LogP contribution in [0.3, 0.4) is 0 Å². The highest BCUT2D eigenvalue weighted by molar-refractivity contribution is 7.89. The van der Waals surface area contributed by atoms with E-state index in [1.54, 1.807) is 26.2 Å². The van der Waals surface area contributed by atoms with E-state index >= 15 is 0 Å². The van der Waals surface area contributed by atoms with Gasteiger partial charge in [-0.3, -0.25) is 4.90 Å². The molecule has 1 aliphatic heterocycles. The summed E-state index contributed by atoms with van der Waals surface area (Å²) in [5, 5.41) is 0. The zero-order valence-electron chi connectivity index (χ0n) is 17.7. The van der Waals surface area contributed by atoms with Gasteiger partial charge in [0.15, 0.2) is 0 Å². The molecule has 158 valence electrons. The lowest BCUT2D eigenvalue weighted by atomic mass is 10.00. The first-order valence-corrected chi connectivity index (χ1v) is 11.7. The van der Waals surface area contributed by atoms with E-state index in [1.807, 2.05) is 12.1 Å². The van der Waals surface area contributed by atoms with E-state index in [2.05, 4.69) is 46.7 Å². The number of hydrogen-bond acceptors (Lipinski definition) is 4. The van der Waals surface area contributed by atoms with Crippen LogP contribution in [0.15, 0.2) is 59.5 Å².